The van der Waals surface area contributed by atoms with Crippen LogP contribution in [-0.4, -0.2) is 17.0 Å². The molecule has 4 aliphatic carbocycles. The van der Waals surface area contributed by atoms with Gasteiger partial charge in [-0.3, -0.25) is 0 Å². The predicted molar refractivity (Wildman–Crippen MR) is 209 cm³/mol. The van der Waals surface area contributed by atoms with Crippen molar-refractivity contribution < 1.29 is 9.90 Å². The SMILES string of the molecule is CC(C)CCCC(C)[C@H]1CC[C@H]2[C@@H]3CC=C4C[C@@H](O)CC[C@]4(C)[C@H]3CC[C@]12C.CCCCCCCC/C=C\CCCCCCCC(C)=O. The lowest BCUT2D eigenvalue weighted by Crippen LogP contribution is -2.50. The van der Waals surface area contributed by atoms with Gasteiger partial charge in [0.05, 0.1) is 6.10 Å². The number of allylic oxidation sites excluding steroid dienone is 3. The quantitative estimate of drug-likeness (QED) is 0.104. The van der Waals surface area contributed by atoms with Crippen molar-refractivity contribution in [1.82, 2.24) is 0 Å². The largest absolute Gasteiger partial charge is 0.393 e. The lowest BCUT2D eigenvalue weighted by atomic mass is 9.47. The number of rotatable bonds is 20. The van der Waals surface area contributed by atoms with Crippen molar-refractivity contribution in [1.29, 1.82) is 0 Å². The molecule has 4 rings (SSSR count). The van der Waals surface area contributed by atoms with E-state index in [1.807, 2.05) is 0 Å². The topological polar surface area (TPSA) is 37.3 Å². The van der Waals surface area contributed by atoms with Gasteiger partial charge in [-0.05, 0) is 137 Å². The number of aliphatic hydroxyl groups is 1. The van der Waals surface area contributed by atoms with Crippen LogP contribution in [0.3, 0.4) is 0 Å². The summed E-state index contributed by atoms with van der Waals surface area (Å²) in [5.74, 6) is 5.79. The van der Waals surface area contributed by atoms with Crippen molar-refractivity contribution in [2.45, 2.75) is 215 Å². The van der Waals surface area contributed by atoms with E-state index in [4.69, 9.17) is 0 Å². The maximum Gasteiger partial charge on any atom is 0.129 e. The van der Waals surface area contributed by atoms with Crippen LogP contribution in [0.4, 0.5) is 0 Å². The maximum atomic E-state index is 10.8. The highest BCUT2D eigenvalue weighted by Crippen LogP contribution is 2.67. The van der Waals surface area contributed by atoms with Crippen molar-refractivity contribution in [3.05, 3.63) is 23.8 Å². The molecule has 0 saturated heterocycles. The van der Waals surface area contributed by atoms with E-state index in [-0.39, 0.29) is 6.10 Å². The van der Waals surface area contributed by atoms with Gasteiger partial charge < -0.3 is 9.90 Å². The molecule has 0 bridgehead atoms. The molecule has 0 heterocycles. The van der Waals surface area contributed by atoms with E-state index < -0.39 is 0 Å². The molecule has 0 aromatic carbocycles. The first-order valence-corrected chi connectivity index (χ1v) is 21.5. The maximum absolute atomic E-state index is 10.8. The first-order chi connectivity index (χ1) is 23.0. The monoisotopic (exact) mass is 667 g/mol. The summed E-state index contributed by atoms with van der Waals surface area (Å²) in [6.07, 6.45) is 39.8. The Hall–Kier alpha value is -0.890. The fraction of sp³-hybridized carbons (Fsp3) is 0.891. The molecule has 1 N–H and O–H groups in total. The highest BCUT2D eigenvalue weighted by molar-refractivity contribution is 5.75. The zero-order valence-electron chi connectivity index (χ0n) is 33.3. The molecule has 278 valence electrons. The number of Topliss-reactive ketones (excluding diaryl/α,β-unsaturated/α-hetero) is 1. The van der Waals surface area contributed by atoms with E-state index in [2.05, 4.69) is 59.8 Å². The first kappa shape index (κ1) is 41.5. The summed E-state index contributed by atoms with van der Waals surface area (Å²) in [4.78, 5) is 10.8. The number of fused-ring (bicyclic) bond motifs is 5. The van der Waals surface area contributed by atoms with Crippen molar-refractivity contribution >= 4 is 5.78 Å². The standard InChI is InChI=1S/C27H46O.C19H36O/c1-18(2)7-6-8-19(3)23-11-12-24-22-10-9-20-17-21(28)13-15-26(20,4)25(22)14-16-27(23,24)5;1-3-4-5-6-7-8-9-10-11-12-13-14-15-16-17-18-19(2)20/h9,18-19,21-25,28H,6-8,10-17H2,1-5H3;10-11H,3-9,12-18H2,1-2H3/b;11-10-/t19?,21-,22-,23+,24-,25-,26-,27+;/m0./s1. The van der Waals surface area contributed by atoms with Gasteiger partial charge >= 0.3 is 0 Å². The molecule has 2 nitrogen and oxygen atoms in total. The van der Waals surface area contributed by atoms with E-state index in [1.54, 1.807) is 12.5 Å². The van der Waals surface area contributed by atoms with E-state index in [9.17, 15) is 9.90 Å². The predicted octanol–water partition coefficient (Wildman–Crippen LogP) is 14.0. The molecule has 0 radical (unpaired) electrons. The lowest BCUT2D eigenvalue weighted by Gasteiger charge is -2.58. The van der Waals surface area contributed by atoms with Gasteiger partial charge in [0.25, 0.3) is 0 Å². The van der Waals surface area contributed by atoms with Gasteiger partial charge in [-0.1, -0.05) is 136 Å². The third-order valence-corrected chi connectivity index (χ3v) is 14.1. The van der Waals surface area contributed by atoms with Crippen LogP contribution in [0.5, 0.6) is 0 Å². The van der Waals surface area contributed by atoms with Gasteiger partial charge in [0.1, 0.15) is 5.78 Å². The molecular weight excluding hydrogens is 585 g/mol. The van der Waals surface area contributed by atoms with E-state index in [1.165, 1.54) is 135 Å². The molecule has 1 unspecified atom stereocenters. The summed E-state index contributed by atoms with van der Waals surface area (Å²) in [6, 6.07) is 0. The second-order valence-corrected chi connectivity index (χ2v) is 18.2. The summed E-state index contributed by atoms with van der Waals surface area (Å²) in [5, 5.41) is 10.2. The second-order valence-electron chi connectivity index (χ2n) is 18.2. The van der Waals surface area contributed by atoms with E-state index in [0.29, 0.717) is 16.6 Å². The van der Waals surface area contributed by atoms with Crippen LogP contribution < -0.4 is 0 Å². The number of carbonyl (C=O) groups excluding carboxylic acids is 1. The summed E-state index contributed by atoms with van der Waals surface area (Å²) >= 11 is 0. The number of ketones is 1. The van der Waals surface area contributed by atoms with Crippen molar-refractivity contribution in [2.24, 2.45) is 46.3 Å². The normalized spacial score (nSPS) is 31.9. The fourth-order valence-electron chi connectivity index (χ4n) is 11.1. The Morgan fingerprint density at radius 2 is 1.46 bits per heavy atom. The van der Waals surface area contributed by atoms with Gasteiger partial charge in [-0.25, -0.2) is 0 Å². The number of hydrogen-bond donors (Lipinski definition) is 1. The fourth-order valence-corrected chi connectivity index (χ4v) is 11.1. The van der Waals surface area contributed by atoms with Gasteiger partial charge in [-0.15, -0.1) is 0 Å². The van der Waals surface area contributed by atoms with Crippen LogP contribution in [0.2, 0.25) is 0 Å². The average Bonchev–Trinajstić information content (AvgIpc) is 3.40. The average molecular weight is 667 g/mol. The van der Waals surface area contributed by atoms with Crippen LogP contribution >= 0.6 is 0 Å². The Labute approximate surface area is 300 Å². The smallest absolute Gasteiger partial charge is 0.129 e. The highest BCUT2D eigenvalue weighted by atomic mass is 16.3. The van der Waals surface area contributed by atoms with Crippen LogP contribution in [0, 0.1) is 46.3 Å². The molecule has 3 saturated carbocycles. The number of carbonyl (C=O) groups is 1. The van der Waals surface area contributed by atoms with Crippen LogP contribution in [-0.2, 0) is 4.79 Å². The molecule has 48 heavy (non-hydrogen) atoms. The molecule has 0 aromatic rings. The summed E-state index contributed by atoms with van der Waals surface area (Å²) < 4.78 is 0. The van der Waals surface area contributed by atoms with Crippen molar-refractivity contribution in [3.63, 3.8) is 0 Å². The number of unbranched alkanes of at least 4 members (excludes halogenated alkanes) is 11. The highest BCUT2D eigenvalue weighted by Gasteiger charge is 2.59. The molecular formula is C46H82O2. The molecule has 0 aliphatic heterocycles. The van der Waals surface area contributed by atoms with Crippen LogP contribution in [0.25, 0.3) is 0 Å². The zero-order chi connectivity index (χ0) is 35.0. The molecule has 2 heteroatoms. The van der Waals surface area contributed by atoms with Gasteiger partial charge in [0.15, 0.2) is 0 Å². The Balaban J connectivity index is 0.000000279. The summed E-state index contributed by atoms with van der Waals surface area (Å²) in [5.41, 5.74) is 2.60. The number of aliphatic hydroxyl groups excluding tert-OH is 1. The van der Waals surface area contributed by atoms with Crippen LogP contribution in [0.1, 0.15) is 209 Å². The second kappa shape index (κ2) is 21.5. The zero-order valence-corrected chi connectivity index (χ0v) is 33.3. The van der Waals surface area contributed by atoms with E-state index in [0.717, 1.165) is 61.2 Å². The first-order valence-electron chi connectivity index (χ1n) is 21.5. The molecule has 0 amide bonds. The van der Waals surface area contributed by atoms with Gasteiger partial charge in [-0.2, -0.15) is 0 Å². The minimum atomic E-state index is -0.0766. The Kier molecular flexibility index (Phi) is 18.6. The lowest BCUT2D eigenvalue weighted by molar-refractivity contribution is -0.117. The minimum Gasteiger partial charge on any atom is -0.393 e. The van der Waals surface area contributed by atoms with E-state index >= 15 is 0 Å². The Bertz CT molecular complexity index is 961. The molecule has 0 aromatic heterocycles. The molecule has 3 fully saturated rings. The molecule has 4 aliphatic rings. The van der Waals surface area contributed by atoms with Crippen molar-refractivity contribution in [2.75, 3.05) is 0 Å². The minimum absolute atomic E-state index is 0.0766. The summed E-state index contributed by atoms with van der Waals surface area (Å²) in [7, 11) is 0. The Morgan fingerprint density at radius 3 is 2.10 bits per heavy atom. The molecule has 0 spiro atoms. The van der Waals surface area contributed by atoms with Crippen LogP contribution in [0.15, 0.2) is 23.8 Å². The molecule has 8 atom stereocenters. The third kappa shape index (κ3) is 12.4. The van der Waals surface area contributed by atoms with Gasteiger partial charge in [0, 0.05) is 6.42 Å². The Morgan fingerprint density at radius 1 is 0.812 bits per heavy atom. The van der Waals surface area contributed by atoms with Gasteiger partial charge in [0.2, 0.25) is 0 Å². The van der Waals surface area contributed by atoms with Crippen molar-refractivity contribution in [3.8, 4) is 0 Å². The third-order valence-electron chi connectivity index (χ3n) is 14.1. The number of hydrogen-bond acceptors (Lipinski definition) is 2. The summed E-state index contributed by atoms with van der Waals surface area (Å²) in [6.45, 7) is 16.5.